The highest BCUT2D eigenvalue weighted by molar-refractivity contribution is 4.83. The lowest BCUT2D eigenvalue weighted by atomic mass is 10.0. The predicted molar refractivity (Wildman–Crippen MR) is 57.5 cm³/mol. The van der Waals surface area contributed by atoms with E-state index in [2.05, 4.69) is 19.2 Å². The van der Waals surface area contributed by atoms with Crippen LogP contribution in [-0.4, -0.2) is 38.5 Å². The molecule has 0 bridgehead atoms. The largest absolute Gasteiger partial charge is 0.385 e. The van der Waals surface area contributed by atoms with Gasteiger partial charge in [0.1, 0.15) is 0 Å². The molecule has 14 heavy (non-hydrogen) atoms. The molecule has 3 nitrogen and oxygen atoms in total. The molecular formula is C11H23NO2. The van der Waals surface area contributed by atoms with Gasteiger partial charge in [-0.05, 0) is 33.1 Å². The Balaban J connectivity index is 2.12. The van der Waals surface area contributed by atoms with Crippen molar-refractivity contribution in [2.75, 3.05) is 26.9 Å². The summed E-state index contributed by atoms with van der Waals surface area (Å²) in [5.41, 5.74) is 0.0708. The first-order valence-electron chi connectivity index (χ1n) is 5.52. The Hall–Kier alpha value is -0.120. The van der Waals surface area contributed by atoms with Crippen molar-refractivity contribution in [2.24, 2.45) is 0 Å². The van der Waals surface area contributed by atoms with E-state index in [1.165, 1.54) is 12.8 Å². The Morgan fingerprint density at radius 3 is 2.93 bits per heavy atom. The van der Waals surface area contributed by atoms with E-state index in [1.54, 1.807) is 7.11 Å². The fraction of sp³-hybridized carbons (Fsp3) is 1.00. The van der Waals surface area contributed by atoms with Gasteiger partial charge in [-0.2, -0.15) is 0 Å². The summed E-state index contributed by atoms with van der Waals surface area (Å²) in [7, 11) is 1.74. The molecule has 0 aromatic heterocycles. The molecule has 0 radical (unpaired) electrons. The monoisotopic (exact) mass is 201 g/mol. The van der Waals surface area contributed by atoms with Gasteiger partial charge in [0.05, 0.1) is 5.60 Å². The molecule has 0 aliphatic carbocycles. The molecule has 1 saturated heterocycles. The standard InChI is InChI=1S/C11H23NO2/c1-10(5-8-13-3)12-9-11(2)6-4-7-14-11/h10,12H,4-9H2,1-3H3. The first kappa shape index (κ1) is 12.0. The second-order valence-corrected chi connectivity index (χ2v) is 4.47. The maximum Gasteiger partial charge on any atom is 0.0779 e. The van der Waals surface area contributed by atoms with Crippen LogP contribution in [0.25, 0.3) is 0 Å². The van der Waals surface area contributed by atoms with Gasteiger partial charge in [-0.3, -0.25) is 0 Å². The molecule has 0 amide bonds. The van der Waals surface area contributed by atoms with E-state index in [0.717, 1.165) is 26.2 Å². The van der Waals surface area contributed by atoms with Crippen LogP contribution in [0.3, 0.4) is 0 Å². The van der Waals surface area contributed by atoms with E-state index in [-0.39, 0.29) is 5.60 Å². The van der Waals surface area contributed by atoms with Crippen molar-refractivity contribution in [2.45, 2.75) is 44.8 Å². The molecule has 1 N–H and O–H groups in total. The lowest BCUT2D eigenvalue weighted by Crippen LogP contribution is -2.41. The molecule has 0 aromatic rings. The van der Waals surface area contributed by atoms with Crippen molar-refractivity contribution in [3.05, 3.63) is 0 Å². The van der Waals surface area contributed by atoms with Crippen LogP contribution in [0, 0.1) is 0 Å². The van der Waals surface area contributed by atoms with Gasteiger partial charge in [0.15, 0.2) is 0 Å². The summed E-state index contributed by atoms with van der Waals surface area (Å²) in [6.45, 7) is 7.08. The molecular weight excluding hydrogens is 178 g/mol. The lowest BCUT2D eigenvalue weighted by Gasteiger charge is -2.25. The topological polar surface area (TPSA) is 30.5 Å². The maximum absolute atomic E-state index is 5.70. The van der Waals surface area contributed by atoms with Crippen LogP contribution in [0.1, 0.15) is 33.1 Å². The van der Waals surface area contributed by atoms with Crippen LogP contribution in [-0.2, 0) is 9.47 Å². The Bertz CT molecular complexity index is 155. The number of nitrogens with one attached hydrogen (secondary N) is 1. The third-order valence-electron chi connectivity index (χ3n) is 2.88. The van der Waals surface area contributed by atoms with Crippen LogP contribution >= 0.6 is 0 Å². The van der Waals surface area contributed by atoms with E-state index in [1.807, 2.05) is 0 Å². The highest BCUT2D eigenvalue weighted by atomic mass is 16.5. The zero-order valence-electron chi connectivity index (χ0n) is 9.64. The minimum Gasteiger partial charge on any atom is -0.385 e. The van der Waals surface area contributed by atoms with Gasteiger partial charge >= 0.3 is 0 Å². The molecule has 2 unspecified atom stereocenters. The van der Waals surface area contributed by atoms with Gasteiger partial charge in [0, 0.05) is 32.9 Å². The Morgan fingerprint density at radius 2 is 2.36 bits per heavy atom. The summed E-state index contributed by atoms with van der Waals surface area (Å²) in [4.78, 5) is 0. The van der Waals surface area contributed by atoms with Crippen LogP contribution in [0.5, 0.6) is 0 Å². The maximum atomic E-state index is 5.70. The van der Waals surface area contributed by atoms with Crippen molar-refractivity contribution < 1.29 is 9.47 Å². The second-order valence-electron chi connectivity index (χ2n) is 4.47. The van der Waals surface area contributed by atoms with Gasteiger partial charge in [-0.25, -0.2) is 0 Å². The number of ether oxygens (including phenoxy) is 2. The molecule has 1 aliphatic heterocycles. The first-order chi connectivity index (χ1) is 6.66. The van der Waals surface area contributed by atoms with Crippen molar-refractivity contribution in [3.8, 4) is 0 Å². The Kier molecular flexibility index (Phi) is 4.85. The summed E-state index contributed by atoms with van der Waals surface area (Å²) >= 11 is 0. The normalized spacial score (nSPS) is 29.4. The molecule has 1 aliphatic rings. The highest BCUT2D eigenvalue weighted by Crippen LogP contribution is 2.24. The predicted octanol–water partition coefficient (Wildman–Crippen LogP) is 1.57. The fourth-order valence-electron chi connectivity index (χ4n) is 1.76. The van der Waals surface area contributed by atoms with Gasteiger partial charge in [-0.15, -0.1) is 0 Å². The van der Waals surface area contributed by atoms with Crippen LogP contribution in [0.15, 0.2) is 0 Å². The minimum absolute atomic E-state index is 0.0708. The number of rotatable bonds is 6. The zero-order chi connectivity index (χ0) is 10.4. The van der Waals surface area contributed by atoms with Gasteiger partial charge in [-0.1, -0.05) is 0 Å². The van der Waals surface area contributed by atoms with E-state index in [4.69, 9.17) is 9.47 Å². The molecule has 0 spiro atoms. The summed E-state index contributed by atoms with van der Waals surface area (Å²) in [5, 5.41) is 3.49. The first-order valence-corrected chi connectivity index (χ1v) is 5.52. The SMILES string of the molecule is COCCC(C)NCC1(C)CCCO1. The lowest BCUT2D eigenvalue weighted by molar-refractivity contribution is 0.0183. The molecule has 1 fully saturated rings. The molecule has 0 aromatic carbocycles. The molecule has 84 valence electrons. The molecule has 1 rings (SSSR count). The Morgan fingerprint density at radius 1 is 1.57 bits per heavy atom. The van der Waals surface area contributed by atoms with Crippen molar-refractivity contribution >= 4 is 0 Å². The average Bonchev–Trinajstić information content (AvgIpc) is 2.60. The minimum atomic E-state index is 0.0708. The van der Waals surface area contributed by atoms with E-state index >= 15 is 0 Å². The van der Waals surface area contributed by atoms with Crippen LogP contribution < -0.4 is 5.32 Å². The average molecular weight is 201 g/mol. The number of hydrogen-bond acceptors (Lipinski definition) is 3. The van der Waals surface area contributed by atoms with Crippen LogP contribution in [0.4, 0.5) is 0 Å². The fourth-order valence-corrected chi connectivity index (χ4v) is 1.76. The summed E-state index contributed by atoms with van der Waals surface area (Å²) in [6.07, 6.45) is 3.44. The molecule has 3 heteroatoms. The summed E-state index contributed by atoms with van der Waals surface area (Å²) < 4.78 is 10.7. The van der Waals surface area contributed by atoms with E-state index in [9.17, 15) is 0 Å². The highest BCUT2D eigenvalue weighted by Gasteiger charge is 2.29. The third kappa shape index (κ3) is 3.95. The van der Waals surface area contributed by atoms with Gasteiger partial charge in [0.25, 0.3) is 0 Å². The van der Waals surface area contributed by atoms with E-state index < -0.39 is 0 Å². The van der Waals surface area contributed by atoms with Crippen LogP contribution in [0.2, 0.25) is 0 Å². The molecule has 2 atom stereocenters. The molecule has 0 saturated carbocycles. The van der Waals surface area contributed by atoms with Gasteiger partial charge < -0.3 is 14.8 Å². The van der Waals surface area contributed by atoms with Crippen molar-refractivity contribution in [3.63, 3.8) is 0 Å². The summed E-state index contributed by atoms with van der Waals surface area (Å²) in [5.74, 6) is 0. The van der Waals surface area contributed by atoms with Crippen molar-refractivity contribution in [1.29, 1.82) is 0 Å². The van der Waals surface area contributed by atoms with Gasteiger partial charge in [0.2, 0.25) is 0 Å². The second kappa shape index (κ2) is 5.69. The number of hydrogen-bond donors (Lipinski definition) is 1. The van der Waals surface area contributed by atoms with E-state index in [0.29, 0.717) is 6.04 Å². The third-order valence-corrected chi connectivity index (χ3v) is 2.88. The summed E-state index contributed by atoms with van der Waals surface area (Å²) in [6, 6.07) is 0.510. The Labute approximate surface area is 87.2 Å². The smallest absolute Gasteiger partial charge is 0.0779 e. The zero-order valence-corrected chi connectivity index (χ0v) is 9.64. The number of methoxy groups -OCH3 is 1. The van der Waals surface area contributed by atoms with Crippen molar-refractivity contribution in [1.82, 2.24) is 5.32 Å². The quantitative estimate of drug-likeness (QED) is 0.707. The molecule has 1 heterocycles.